The van der Waals surface area contributed by atoms with Crippen LogP contribution in [0.2, 0.25) is 0 Å². The van der Waals surface area contributed by atoms with E-state index in [1.807, 2.05) is 0 Å². The molecule has 5 rings (SSSR count). The fourth-order valence-electron chi connectivity index (χ4n) is 11.8. The summed E-state index contributed by atoms with van der Waals surface area (Å²) in [5.74, 6) is 3.64. The van der Waals surface area contributed by atoms with Gasteiger partial charge in [-0.2, -0.15) is 0 Å². The van der Waals surface area contributed by atoms with Crippen LogP contribution in [-0.2, 0) is 9.53 Å². The zero-order chi connectivity index (χ0) is 24.9. The first kappa shape index (κ1) is 24.9. The second-order valence-corrected chi connectivity index (χ2v) is 15.3. The average molecular weight is 469 g/mol. The predicted octanol–water partition coefficient (Wildman–Crippen LogP) is 8.60. The Morgan fingerprint density at radius 1 is 0.853 bits per heavy atom. The number of esters is 1. The lowest BCUT2D eigenvalue weighted by Crippen LogP contribution is -2.67. The number of ether oxygens (including phenoxy) is 1. The summed E-state index contributed by atoms with van der Waals surface area (Å²) >= 11 is 0. The molecule has 0 heterocycles. The molecule has 10 atom stereocenters. The van der Waals surface area contributed by atoms with Crippen molar-refractivity contribution in [2.75, 3.05) is 0 Å². The highest BCUT2D eigenvalue weighted by atomic mass is 16.5. The van der Waals surface area contributed by atoms with Gasteiger partial charge < -0.3 is 4.74 Å². The van der Waals surface area contributed by atoms with Crippen molar-refractivity contribution in [3.8, 4) is 0 Å². The molecule has 0 unspecified atom stereocenters. The molecule has 0 saturated heterocycles. The summed E-state index contributed by atoms with van der Waals surface area (Å²) < 4.78 is 5.91. The Labute approximate surface area is 210 Å². The molecule has 0 spiro atoms. The molecule has 0 aliphatic heterocycles. The number of hydrogen-bond acceptors (Lipinski definition) is 2. The minimum atomic E-state index is -0.108. The molecule has 5 fully saturated rings. The van der Waals surface area contributed by atoms with Crippen LogP contribution in [0.5, 0.6) is 0 Å². The molecule has 0 radical (unpaired) electrons. The highest BCUT2D eigenvalue weighted by molar-refractivity contribution is 5.66. The molecule has 2 heteroatoms. The number of carbonyl (C=O) groups excluding carboxylic acids is 1. The Balaban J connectivity index is 1.50. The molecule has 0 amide bonds. The van der Waals surface area contributed by atoms with Gasteiger partial charge in [-0.1, -0.05) is 60.6 Å². The van der Waals surface area contributed by atoms with Gasteiger partial charge in [0, 0.05) is 12.3 Å². The summed E-state index contributed by atoms with van der Waals surface area (Å²) in [5.41, 5.74) is 3.28. The van der Waals surface area contributed by atoms with Gasteiger partial charge in [-0.25, -0.2) is 0 Å². The first-order chi connectivity index (χ1) is 15.7. The van der Waals surface area contributed by atoms with E-state index in [0.29, 0.717) is 33.5 Å². The molecule has 0 aromatic rings. The van der Waals surface area contributed by atoms with E-state index in [0.717, 1.165) is 24.2 Å². The molecule has 5 aliphatic rings. The van der Waals surface area contributed by atoms with Gasteiger partial charge >= 0.3 is 5.97 Å². The lowest BCUT2D eigenvalue weighted by Gasteiger charge is -2.73. The number of fused-ring (bicyclic) bond motifs is 7. The van der Waals surface area contributed by atoms with Crippen molar-refractivity contribution in [2.24, 2.45) is 56.7 Å². The van der Waals surface area contributed by atoms with Crippen molar-refractivity contribution in [1.29, 1.82) is 0 Å². The van der Waals surface area contributed by atoms with Crippen LogP contribution in [0.15, 0.2) is 12.2 Å². The lowest BCUT2D eigenvalue weighted by molar-refractivity contribution is -0.253. The zero-order valence-corrected chi connectivity index (χ0v) is 23.6. The number of carbonyl (C=O) groups is 1. The quantitative estimate of drug-likeness (QED) is 0.284. The summed E-state index contributed by atoms with van der Waals surface area (Å²) in [5, 5.41) is 0. The smallest absolute Gasteiger partial charge is 0.302 e. The minimum Gasteiger partial charge on any atom is -0.462 e. The van der Waals surface area contributed by atoms with Crippen LogP contribution in [0.3, 0.4) is 0 Å². The Kier molecular flexibility index (Phi) is 5.57. The second-order valence-electron chi connectivity index (χ2n) is 15.3. The van der Waals surface area contributed by atoms with E-state index in [-0.39, 0.29) is 17.5 Å². The lowest BCUT2D eigenvalue weighted by atomic mass is 9.31. The van der Waals surface area contributed by atoms with Gasteiger partial charge in [0.15, 0.2) is 0 Å². The fourth-order valence-corrected chi connectivity index (χ4v) is 11.8. The largest absolute Gasteiger partial charge is 0.462 e. The van der Waals surface area contributed by atoms with Crippen LogP contribution >= 0.6 is 0 Å². The van der Waals surface area contributed by atoms with E-state index < -0.39 is 0 Å². The first-order valence-electron chi connectivity index (χ1n) is 14.6. The summed E-state index contributed by atoms with van der Waals surface area (Å²) in [4.78, 5) is 11.9. The Morgan fingerprint density at radius 2 is 1.56 bits per heavy atom. The molecule has 5 saturated carbocycles. The van der Waals surface area contributed by atoms with Crippen LogP contribution in [-0.4, -0.2) is 12.1 Å². The molecular weight excluding hydrogens is 416 g/mol. The van der Waals surface area contributed by atoms with E-state index in [2.05, 4.69) is 55.0 Å². The van der Waals surface area contributed by atoms with Gasteiger partial charge in [-0.05, 0) is 115 Å². The molecule has 192 valence electrons. The van der Waals surface area contributed by atoms with Crippen molar-refractivity contribution < 1.29 is 9.53 Å². The van der Waals surface area contributed by atoms with Gasteiger partial charge in [-0.3, -0.25) is 4.79 Å². The first-order valence-corrected chi connectivity index (χ1v) is 14.6. The maximum absolute atomic E-state index is 11.9. The third-order valence-electron chi connectivity index (χ3n) is 13.8. The summed E-state index contributed by atoms with van der Waals surface area (Å²) in [6, 6.07) is 0. The van der Waals surface area contributed by atoms with Gasteiger partial charge in [0.25, 0.3) is 0 Å². The number of rotatable bonds is 1. The Bertz CT molecular complexity index is 872. The van der Waals surface area contributed by atoms with Crippen LogP contribution in [0.1, 0.15) is 120 Å². The van der Waals surface area contributed by atoms with E-state index in [9.17, 15) is 4.79 Å². The van der Waals surface area contributed by atoms with Crippen LogP contribution in [0, 0.1) is 56.7 Å². The fraction of sp³-hybridized carbons (Fsp3) is 0.906. The molecular formula is C32H52O2. The van der Waals surface area contributed by atoms with Crippen molar-refractivity contribution >= 4 is 5.97 Å². The second kappa shape index (κ2) is 7.61. The summed E-state index contributed by atoms with van der Waals surface area (Å²) in [6.45, 7) is 24.2. The minimum absolute atomic E-state index is 0.0541. The van der Waals surface area contributed by atoms with Crippen LogP contribution in [0.4, 0.5) is 0 Å². The molecule has 0 N–H and O–H groups in total. The SMILES string of the molecule is C=C1CC[C@]2(C)CC[C@]3(C)[C@H](CC[C@@H]4[C@@]5(C)CC[C@@H](OC(C)=O)C(C)(C)[C@@H]5CC[C@]43C)[C@H]2[C@@H]1C. The normalized spacial score (nSPS) is 54.2. The highest BCUT2D eigenvalue weighted by Crippen LogP contribution is 2.77. The third kappa shape index (κ3) is 3.08. The zero-order valence-electron chi connectivity index (χ0n) is 23.6. The predicted molar refractivity (Wildman–Crippen MR) is 140 cm³/mol. The summed E-state index contributed by atoms with van der Waals surface area (Å²) in [7, 11) is 0. The van der Waals surface area contributed by atoms with E-state index in [4.69, 9.17) is 4.74 Å². The average Bonchev–Trinajstić information content (AvgIpc) is 2.74. The van der Waals surface area contributed by atoms with Gasteiger partial charge in [0.05, 0.1) is 0 Å². The molecule has 34 heavy (non-hydrogen) atoms. The molecule has 0 bridgehead atoms. The number of hydrogen-bond donors (Lipinski definition) is 0. The van der Waals surface area contributed by atoms with Crippen molar-refractivity contribution in [1.82, 2.24) is 0 Å². The Morgan fingerprint density at radius 3 is 2.24 bits per heavy atom. The number of allylic oxidation sites excluding steroid dienone is 1. The van der Waals surface area contributed by atoms with E-state index in [1.165, 1.54) is 63.4 Å². The molecule has 0 aromatic carbocycles. The standard InChI is InChI=1S/C32H52O2/c1-20-12-15-29(6)18-19-31(8)23(27(29)21(20)2)10-11-25-30(7)16-14-26(34-22(3)33)28(4,5)24(30)13-17-32(25,31)9/h21,23-27H,1,10-19H2,2-9H3/t21-,23-,24+,25-,26-,27-,29-,30+,31-,32-/m1/s1. The topological polar surface area (TPSA) is 26.3 Å². The van der Waals surface area contributed by atoms with E-state index in [1.54, 1.807) is 6.92 Å². The maximum Gasteiger partial charge on any atom is 0.302 e. The molecule has 0 aromatic heterocycles. The Hall–Kier alpha value is -0.790. The van der Waals surface area contributed by atoms with Crippen molar-refractivity contribution in [2.45, 2.75) is 126 Å². The van der Waals surface area contributed by atoms with Crippen molar-refractivity contribution in [3.63, 3.8) is 0 Å². The van der Waals surface area contributed by atoms with Crippen LogP contribution < -0.4 is 0 Å². The third-order valence-corrected chi connectivity index (χ3v) is 13.8. The molecule has 5 aliphatic carbocycles. The summed E-state index contributed by atoms with van der Waals surface area (Å²) in [6.07, 6.45) is 13.2. The van der Waals surface area contributed by atoms with Crippen LogP contribution in [0.25, 0.3) is 0 Å². The maximum atomic E-state index is 11.9. The van der Waals surface area contributed by atoms with Gasteiger partial charge in [-0.15, -0.1) is 0 Å². The monoisotopic (exact) mass is 468 g/mol. The van der Waals surface area contributed by atoms with Gasteiger partial charge in [0.2, 0.25) is 0 Å². The highest BCUT2D eigenvalue weighted by Gasteiger charge is 2.70. The van der Waals surface area contributed by atoms with E-state index >= 15 is 0 Å². The van der Waals surface area contributed by atoms with Gasteiger partial charge in [0.1, 0.15) is 6.10 Å². The molecule has 2 nitrogen and oxygen atoms in total. The van der Waals surface area contributed by atoms with Crippen molar-refractivity contribution in [3.05, 3.63) is 12.2 Å².